The van der Waals surface area contributed by atoms with Gasteiger partial charge in [0.05, 0.1) is 14.2 Å². The first-order valence-electron chi connectivity index (χ1n) is 7.22. The van der Waals surface area contributed by atoms with Crippen molar-refractivity contribution >= 4 is 21.4 Å². The molecule has 2 rings (SSSR count). The summed E-state index contributed by atoms with van der Waals surface area (Å²) in [6.45, 7) is 2.13. The maximum atomic E-state index is 12.6. The third-order valence-electron chi connectivity index (χ3n) is 3.48. The summed E-state index contributed by atoms with van der Waals surface area (Å²) in [6, 6.07) is 8.49. The molecule has 0 spiro atoms. The van der Waals surface area contributed by atoms with Crippen molar-refractivity contribution in [1.29, 1.82) is 0 Å². The zero-order chi connectivity index (χ0) is 17.7. The molecule has 1 unspecified atom stereocenters. The Balaban J connectivity index is 2.19. The highest BCUT2D eigenvalue weighted by Gasteiger charge is 2.22. The normalized spacial score (nSPS) is 12.8. The molecule has 0 saturated carbocycles. The van der Waals surface area contributed by atoms with E-state index in [4.69, 9.17) is 14.2 Å². The van der Waals surface area contributed by atoms with E-state index >= 15 is 0 Å². The number of thiophene rings is 1. The van der Waals surface area contributed by atoms with Crippen molar-refractivity contribution in [3.8, 4) is 11.5 Å². The molecule has 6 nitrogen and oxygen atoms in total. The van der Waals surface area contributed by atoms with Gasteiger partial charge >= 0.3 is 0 Å². The lowest BCUT2D eigenvalue weighted by molar-refractivity contribution is 0.110. The molecule has 0 aliphatic heterocycles. The Kier molecular flexibility index (Phi) is 6.22. The lowest BCUT2D eigenvalue weighted by Crippen LogP contribution is -2.29. The van der Waals surface area contributed by atoms with E-state index in [1.54, 1.807) is 24.5 Å². The molecule has 0 aliphatic rings. The third-order valence-corrected chi connectivity index (χ3v) is 6.04. The van der Waals surface area contributed by atoms with E-state index < -0.39 is 10.0 Å². The van der Waals surface area contributed by atoms with E-state index in [0.29, 0.717) is 5.75 Å². The molecule has 24 heavy (non-hydrogen) atoms. The van der Waals surface area contributed by atoms with Crippen molar-refractivity contribution in [3.05, 3.63) is 40.1 Å². The number of aryl methyl sites for hydroxylation is 1. The fraction of sp³-hybridized carbons (Fsp3) is 0.375. The maximum absolute atomic E-state index is 12.6. The molecule has 0 amide bonds. The molecular formula is C16H21NO5S2. The molecule has 1 aromatic carbocycles. The standard InChI is InChI=1S/C16H21NO5S2/c1-11-5-7-15(23-11)14(22-4)10-17-24(18,19)16-8-6-12(20-2)9-13(16)21-3/h5-9,14,17H,10H2,1-4H3. The topological polar surface area (TPSA) is 73.9 Å². The lowest BCUT2D eigenvalue weighted by atomic mass is 10.3. The average Bonchev–Trinajstić information content (AvgIpc) is 3.01. The molecular weight excluding hydrogens is 350 g/mol. The fourth-order valence-corrected chi connectivity index (χ4v) is 4.32. The number of ether oxygens (including phenoxy) is 3. The Morgan fingerprint density at radius 2 is 1.88 bits per heavy atom. The molecule has 2 aromatic rings. The molecule has 0 fully saturated rings. The molecule has 8 heteroatoms. The van der Waals surface area contributed by atoms with Crippen molar-refractivity contribution in [1.82, 2.24) is 4.72 Å². The highest BCUT2D eigenvalue weighted by Crippen LogP contribution is 2.29. The van der Waals surface area contributed by atoms with Crippen molar-refractivity contribution in [3.63, 3.8) is 0 Å². The van der Waals surface area contributed by atoms with Gasteiger partial charge in [-0.3, -0.25) is 0 Å². The second-order valence-electron chi connectivity index (χ2n) is 5.04. The quantitative estimate of drug-likeness (QED) is 0.772. The summed E-state index contributed by atoms with van der Waals surface area (Å²) < 4.78 is 43.4. The summed E-state index contributed by atoms with van der Waals surface area (Å²) in [5.41, 5.74) is 0. The molecule has 0 radical (unpaired) electrons. The SMILES string of the molecule is COc1ccc(S(=O)(=O)NCC(OC)c2ccc(C)s2)c(OC)c1. The van der Waals surface area contributed by atoms with E-state index in [1.165, 1.54) is 26.4 Å². The van der Waals surface area contributed by atoms with E-state index in [9.17, 15) is 8.42 Å². The van der Waals surface area contributed by atoms with Crippen LogP contribution in [0.1, 0.15) is 15.9 Å². The molecule has 1 heterocycles. The highest BCUT2D eigenvalue weighted by molar-refractivity contribution is 7.89. The second kappa shape index (κ2) is 7.98. The van der Waals surface area contributed by atoms with Gasteiger partial charge < -0.3 is 14.2 Å². The van der Waals surface area contributed by atoms with Gasteiger partial charge in [0, 0.05) is 29.5 Å². The minimum Gasteiger partial charge on any atom is -0.497 e. The van der Waals surface area contributed by atoms with Crippen LogP contribution in [0, 0.1) is 6.92 Å². The summed E-state index contributed by atoms with van der Waals surface area (Å²) >= 11 is 1.58. The van der Waals surface area contributed by atoms with Crippen molar-refractivity contribution in [2.45, 2.75) is 17.9 Å². The minimum atomic E-state index is -3.74. The smallest absolute Gasteiger partial charge is 0.244 e. The maximum Gasteiger partial charge on any atom is 0.244 e. The fourth-order valence-electron chi connectivity index (χ4n) is 2.19. The first-order chi connectivity index (χ1) is 11.4. The number of benzene rings is 1. The van der Waals surface area contributed by atoms with Crippen LogP contribution in [-0.2, 0) is 14.8 Å². The van der Waals surface area contributed by atoms with Gasteiger partial charge in [0.25, 0.3) is 0 Å². The van der Waals surface area contributed by atoms with Gasteiger partial charge in [-0.2, -0.15) is 0 Å². The highest BCUT2D eigenvalue weighted by atomic mass is 32.2. The Bertz CT molecular complexity index is 786. The Morgan fingerprint density at radius 3 is 2.42 bits per heavy atom. The molecule has 0 aliphatic carbocycles. The van der Waals surface area contributed by atoms with Crippen LogP contribution in [0.5, 0.6) is 11.5 Å². The van der Waals surface area contributed by atoms with E-state index in [0.717, 1.165) is 9.75 Å². The lowest BCUT2D eigenvalue weighted by Gasteiger charge is -2.16. The van der Waals surface area contributed by atoms with Gasteiger partial charge in [0.15, 0.2) is 0 Å². The Morgan fingerprint density at radius 1 is 1.12 bits per heavy atom. The first-order valence-corrected chi connectivity index (χ1v) is 9.52. The predicted octanol–water partition coefficient (Wildman–Crippen LogP) is 2.74. The van der Waals surface area contributed by atoms with Crippen LogP contribution in [0.25, 0.3) is 0 Å². The van der Waals surface area contributed by atoms with E-state index in [-0.39, 0.29) is 23.3 Å². The van der Waals surface area contributed by atoms with Crippen molar-refractivity contribution < 1.29 is 22.6 Å². The molecule has 0 bridgehead atoms. The van der Waals surface area contributed by atoms with E-state index in [1.807, 2.05) is 19.1 Å². The van der Waals surface area contributed by atoms with Gasteiger partial charge in [-0.25, -0.2) is 13.1 Å². The number of rotatable bonds is 8. The van der Waals surface area contributed by atoms with Crippen LogP contribution in [0.15, 0.2) is 35.2 Å². The van der Waals surface area contributed by atoms with Gasteiger partial charge in [0.2, 0.25) is 10.0 Å². The summed E-state index contributed by atoms with van der Waals surface area (Å²) in [5.74, 6) is 0.748. The van der Waals surface area contributed by atoms with Gasteiger partial charge in [-0.15, -0.1) is 11.3 Å². The number of hydrogen-bond donors (Lipinski definition) is 1. The van der Waals surface area contributed by atoms with Crippen LogP contribution < -0.4 is 14.2 Å². The monoisotopic (exact) mass is 371 g/mol. The van der Waals surface area contributed by atoms with Crippen molar-refractivity contribution in [2.75, 3.05) is 27.9 Å². The molecule has 1 N–H and O–H groups in total. The molecule has 132 valence electrons. The Labute approximate surface area is 146 Å². The van der Waals surface area contributed by atoms with Gasteiger partial charge in [-0.05, 0) is 31.2 Å². The van der Waals surface area contributed by atoms with Crippen LogP contribution in [0.4, 0.5) is 0 Å². The van der Waals surface area contributed by atoms with Crippen LogP contribution in [-0.4, -0.2) is 36.3 Å². The molecule has 1 atom stereocenters. The number of nitrogens with one attached hydrogen (secondary N) is 1. The number of sulfonamides is 1. The van der Waals surface area contributed by atoms with Crippen LogP contribution in [0.2, 0.25) is 0 Å². The summed E-state index contributed by atoms with van der Waals surface area (Å²) in [6.07, 6.45) is -0.345. The van der Waals surface area contributed by atoms with Crippen molar-refractivity contribution in [2.24, 2.45) is 0 Å². The summed E-state index contributed by atoms with van der Waals surface area (Å²) in [7, 11) is 0.741. The second-order valence-corrected chi connectivity index (χ2v) is 8.10. The van der Waals surface area contributed by atoms with E-state index in [2.05, 4.69) is 4.72 Å². The molecule has 0 saturated heterocycles. The largest absolute Gasteiger partial charge is 0.497 e. The third kappa shape index (κ3) is 4.27. The summed E-state index contributed by atoms with van der Waals surface area (Å²) in [5, 5.41) is 0. The first kappa shape index (κ1) is 18.7. The van der Waals surface area contributed by atoms with Crippen LogP contribution >= 0.6 is 11.3 Å². The zero-order valence-electron chi connectivity index (χ0n) is 14.0. The Hall–Kier alpha value is -1.61. The number of methoxy groups -OCH3 is 3. The van der Waals surface area contributed by atoms with Crippen LogP contribution in [0.3, 0.4) is 0 Å². The van der Waals surface area contributed by atoms with Gasteiger partial charge in [0.1, 0.15) is 22.5 Å². The minimum absolute atomic E-state index is 0.0583. The van der Waals surface area contributed by atoms with Gasteiger partial charge in [-0.1, -0.05) is 0 Å². The number of hydrogen-bond acceptors (Lipinski definition) is 6. The summed E-state index contributed by atoms with van der Waals surface area (Å²) in [4.78, 5) is 2.18. The zero-order valence-corrected chi connectivity index (χ0v) is 15.7. The molecule has 1 aromatic heterocycles. The predicted molar refractivity (Wildman–Crippen MR) is 93.5 cm³/mol. The average molecular weight is 371 g/mol.